The molecule has 0 aromatic rings. The predicted molar refractivity (Wildman–Crippen MR) is 91.1 cm³/mol. The van der Waals surface area contributed by atoms with E-state index in [0.29, 0.717) is 25.7 Å². The first kappa shape index (κ1) is 42.2. The fraction of sp³-hybridized carbons (Fsp3) is 0.556. The summed E-state index contributed by atoms with van der Waals surface area (Å²) in [5, 5.41) is 29.9. The Morgan fingerprint density at radius 2 is 1.53 bits per heavy atom. The van der Waals surface area contributed by atoms with Gasteiger partial charge < -0.3 is 49.1 Å². The largest absolute Gasteiger partial charge is 1.00 e. The topological polar surface area (TPSA) is 237 Å². The standard InChI is InChI=1S/C13H17NO9.C5H4O5.3Na/c15-9-7-8(13(20)23-21)12(19)14(9)22-11(18)6-4-2-1-3-5-10(16)17;6-2-1-4(3-7)10-5(8)9;;;/h8,21H,1-7H2,(H,16,17);4H,1H2,(H,8,9);;;/q;-2;3*+1/p-3. The molecular formula is C18H18NNa3O14-2. The normalized spacial score (nSPS) is 14.2. The summed E-state index contributed by atoms with van der Waals surface area (Å²) in [7, 11) is 0. The number of amides is 2. The van der Waals surface area contributed by atoms with Gasteiger partial charge in [-0.1, -0.05) is 18.9 Å². The van der Waals surface area contributed by atoms with Crippen molar-refractivity contribution in [1.29, 1.82) is 0 Å². The zero-order valence-corrected chi connectivity index (χ0v) is 26.0. The van der Waals surface area contributed by atoms with Crippen molar-refractivity contribution in [2.24, 2.45) is 5.92 Å². The number of carboxylic acids is 1. The minimum atomic E-state index is -1.86. The van der Waals surface area contributed by atoms with Gasteiger partial charge in [0.05, 0.1) is 6.42 Å². The first-order valence-electron chi connectivity index (χ1n) is 9.28. The monoisotopic (exact) mass is 541 g/mol. The van der Waals surface area contributed by atoms with E-state index >= 15 is 0 Å². The molecule has 2 atom stereocenters. The number of carbonyl (C=O) groups is 6. The van der Waals surface area contributed by atoms with Crippen LogP contribution in [0.1, 0.15) is 51.4 Å². The number of hydroxylamine groups is 2. The predicted octanol–water partition coefficient (Wildman–Crippen LogP) is -12.9. The maximum Gasteiger partial charge on any atom is 1.00 e. The van der Waals surface area contributed by atoms with E-state index in [9.17, 15) is 53.8 Å². The molecule has 1 fully saturated rings. The number of rotatable bonds is 13. The van der Waals surface area contributed by atoms with Crippen LogP contribution in [-0.2, 0) is 48.0 Å². The summed E-state index contributed by atoms with van der Waals surface area (Å²) in [6.45, 7) is 0. The second-order valence-electron chi connectivity index (χ2n) is 6.26. The van der Waals surface area contributed by atoms with Gasteiger partial charge in [0.25, 0.3) is 11.8 Å². The SMILES string of the molecule is O=C([O-])CCCCCCC(=O)ON1C(=O)CC(C(=O)O[O-])C1=O.O=[C-]CC([C-]=O)OC(=O)[O-].[Na+].[Na+].[Na+]. The van der Waals surface area contributed by atoms with Gasteiger partial charge >= 0.3 is 101 Å². The van der Waals surface area contributed by atoms with E-state index in [2.05, 4.69) is 14.5 Å². The Morgan fingerprint density at radius 1 is 0.972 bits per heavy atom. The Hall–Kier alpha value is -0.880. The summed E-state index contributed by atoms with van der Waals surface area (Å²) in [5.74, 6) is -7.00. The second-order valence-corrected chi connectivity index (χ2v) is 6.26. The van der Waals surface area contributed by atoms with Crippen molar-refractivity contribution in [2.75, 3.05) is 0 Å². The van der Waals surface area contributed by atoms with Gasteiger partial charge in [0, 0.05) is 12.4 Å². The van der Waals surface area contributed by atoms with Gasteiger partial charge in [-0.2, -0.15) is 6.42 Å². The Labute approximate surface area is 271 Å². The van der Waals surface area contributed by atoms with Gasteiger partial charge in [-0.15, -0.1) is 5.06 Å². The van der Waals surface area contributed by atoms with E-state index in [0.717, 1.165) is 0 Å². The summed E-state index contributed by atoms with van der Waals surface area (Å²) in [4.78, 5) is 92.5. The third-order valence-electron chi connectivity index (χ3n) is 3.81. The summed E-state index contributed by atoms with van der Waals surface area (Å²) in [6.07, 6.45) is 0.00230. The van der Waals surface area contributed by atoms with E-state index < -0.39 is 60.7 Å². The van der Waals surface area contributed by atoms with Gasteiger partial charge in [-0.25, -0.2) is 11.1 Å². The second kappa shape index (κ2) is 24.5. The molecule has 0 saturated carbocycles. The molecule has 36 heavy (non-hydrogen) atoms. The minimum Gasteiger partial charge on any atom is -0.662 e. The summed E-state index contributed by atoms with van der Waals surface area (Å²) in [6, 6.07) is 0. The van der Waals surface area contributed by atoms with Crippen LogP contribution in [0, 0.1) is 5.92 Å². The molecule has 0 bridgehead atoms. The van der Waals surface area contributed by atoms with E-state index in [1.165, 1.54) is 12.6 Å². The number of ether oxygens (including phenoxy) is 1. The number of carboxylic acid groups (broad SMARTS) is 2. The van der Waals surface area contributed by atoms with Crippen molar-refractivity contribution >= 4 is 48.4 Å². The van der Waals surface area contributed by atoms with Crippen LogP contribution < -0.4 is 104 Å². The van der Waals surface area contributed by atoms with Crippen molar-refractivity contribution in [2.45, 2.75) is 57.5 Å². The van der Waals surface area contributed by atoms with Crippen LogP contribution in [0.4, 0.5) is 4.79 Å². The average Bonchev–Trinajstić information content (AvgIpc) is 3.03. The fourth-order valence-corrected chi connectivity index (χ4v) is 2.29. The molecule has 184 valence electrons. The molecule has 1 rings (SSSR count). The van der Waals surface area contributed by atoms with Crippen LogP contribution in [-0.4, -0.2) is 59.6 Å². The van der Waals surface area contributed by atoms with Crippen LogP contribution in [0.3, 0.4) is 0 Å². The Kier molecular flexibility index (Phi) is 28.7. The summed E-state index contributed by atoms with van der Waals surface area (Å²) < 4.78 is 3.76. The van der Waals surface area contributed by atoms with Gasteiger partial charge in [0.2, 0.25) is 6.16 Å². The zero-order valence-electron chi connectivity index (χ0n) is 20.0. The Balaban J connectivity index is -0.000000338. The van der Waals surface area contributed by atoms with Gasteiger partial charge in [-0.05, 0) is 19.3 Å². The van der Waals surface area contributed by atoms with Crippen molar-refractivity contribution in [3.8, 4) is 0 Å². The number of hydrogen-bond acceptors (Lipinski definition) is 14. The molecular weight excluding hydrogens is 523 g/mol. The number of carbonyl (C=O) groups excluding carboxylic acids is 8. The number of unbranched alkanes of at least 4 members (excludes halogenated alkanes) is 3. The number of hydrogen-bond donors (Lipinski definition) is 0. The quantitative estimate of drug-likeness (QED) is 0.0308. The molecule has 2 amide bonds. The van der Waals surface area contributed by atoms with E-state index in [1.807, 2.05) is 0 Å². The summed E-state index contributed by atoms with van der Waals surface area (Å²) >= 11 is 0. The molecule has 1 aliphatic heterocycles. The molecule has 18 heteroatoms. The molecule has 0 aliphatic carbocycles. The van der Waals surface area contributed by atoms with Gasteiger partial charge in [-0.3, -0.25) is 20.7 Å². The molecule has 1 aliphatic rings. The minimum absolute atomic E-state index is 0. The Morgan fingerprint density at radius 3 is 1.97 bits per heavy atom. The van der Waals surface area contributed by atoms with E-state index in [1.54, 1.807) is 0 Å². The molecule has 1 heterocycles. The maximum absolute atomic E-state index is 11.7. The van der Waals surface area contributed by atoms with Crippen LogP contribution in [0.5, 0.6) is 0 Å². The summed E-state index contributed by atoms with van der Waals surface area (Å²) in [5.41, 5.74) is 0. The molecule has 0 aromatic heterocycles. The zero-order chi connectivity index (χ0) is 25.4. The van der Waals surface area contributed by atoms with Crippen LogP contribution in [0.2, 0.25) is 0 Å². The molecule has 0 spiro atoms. The van der Waals surface area contributed by atoms with Crippen molar-refractivity contribution in [3.05, 3.63) is 0 Å². The van der Waals surface area contributed by atoms with E-state index in [4.69, 9.17) is 0 Å². The van der Waals surface area contributed by atoms with Crippen LogP contribution >= 0.6 is 0 Å². The van der Waals surface area contributed by atoms with Crippen molar-refractivity contribution in [3.63, 3.8) is 0 Å². The smallest absolute Gasteiger partial charge is 0.662 e. The van der Waals surface area contributed by atoms with E-state index in [-0.39, 0.29) is 107 Å². The number of aliphatic carboxylic acids is 1. The molecule has 2 unspecified atom stereocenters. The third-order valence-corrected chi connectivity index (χ3v) is 3.81. The van der Waals surface area contributed by atoms with Crippen LogP contribution in [0.25, 0.3) is 0 Å². The third kappa shape index (κ3) is 18.4. The van der Waals surface area contributed by atoms with Gasteiger partial charge in [0.1, 0.15) is 5.92 Å². The fourth-order valence-electron chi connectivity index (χ4n) is 2.29. The first-order chi connectivity index (χ1) is 15.6. The Bertz CT molecular complexity index is 763. The van der Waals surface area contributed by atoms with Crippen molar-refractivity contribution < 1.29 is 157 Å². The van der Waals surface area contributed by atoms with Gasteiger partial charge in [0.15, 0.2) is 0 Å². The molecule has 0 aromatic carbocycles. The first-order valence-corrected chi connectivity index (χ1v) is 9.28. The van der Waals surface area contributed by atoms with Crippen molar-refractivity contribution in [1.82, 2.24) is 5.06 Å². The van der Waals surface area contributed by atoms with Crippen LogP contribution in [0.15, 0.2) is 0 Å². The number of imide groups is 1. The molecule has 0 N–H and O–H groups in total. The average molecular weight is 541 g/mol. The molecule has 1 saturated heterocycles. The maximum atomic E-state index is 11.7. The molecule has 15 nitrogen and oxygen atoms in total. The number of nitrogens with zero attached hydrogens (tertiary/aromatic N) is 1. The molecule has 0 radical (unpaired) electrons.